The number of carbonyl (C=O) groups excluding carboxylic acids is 1. The van der Waals surface area contributed by atoms with Gasteiger partial charge in [0.15, 0.2) is 0 Å². The van der Waals surface area contributed by atoms with Crippen LogP contribution in [0.5, 0.6) is 0 Å². The van der Waals surface area contributed by atoms with Crippen LogP contribution in [0.15, 0.2) is 60.8 Å². The number of amides is 1. The van der Waals surface area contributed by atoms with Crippen molar-refractivity contribution >= 4 is 45.1 Å². The summed E-state index contributed by atoms with van der Waals surface area (Å²) in [6, 6.07) is 17.8. The molecule has 3 rings (SSSR count). The average molecular weight is 376 g/mol. The number of nitrogens with one attached hydrogen (secondary N) is 1. The van der Waals surface area contributed by atoms with E-state index in [2.05, 4.69) is 27.9 Å². The summed E-state index contributed by atoms with van der Waals surface area (Å²) in [6.07, 6.45) is 1.94. The molecule has 1 N–H and O–H groups in total. The van der Waals surface area contributed by atoms with E-state index in [1.807, 2.05) is 65.4 Å². The van der Waals surface area contributed by atoms with Crippen LogP contribution in [0.1, 0.15) is 0 Å². The molecule has 0 saturated carbocycles. The third-order valence-electron chi connectivity index (χ3n) is 3.10. The number of hydrogen-bond donors (Lipinski definition) is 1. The van der Waals surface area contributed by atoms with Crippen LogP contribution in [0, 0.1) is 3.57 Å². The second-order valence-electron chi connectivity index (χ2n) is 4.56. The van der Waals surface area contributed by atoms with Crippen molar-refractivity contribution in [1.82, 2.24) is 4.57 Å². The molecule has 4 heteroatoms. The van der Waals surface area contributed by atoms with Gasteiger partial charge in [-0.2, -0.15) is 0 Å². The van der Waals surface area contributed by atoms with Gasteiger partial charge in [0, 0.05) is 21.0 Å². The predicted molar refractivity (Wildman–Crippen MR) is 89.7 cm³/mol. The van der Waals surface area contributed by atoms with E-state index in [1.54, 1.807) is 0 Å². The highest BCUT2D eigenvalue weighted by molar-refractivity contribution is 14.1. The molecule has 0 aliphatic carbocycles. The van der Waals surface area contributed by atoms with Gasteiger partial charge in [-0.3, -0.25) is 4.79 Å². The number of benzene rings is 2. The molecule has 3 aromatic rings. The van der Waals surface area contributed by atoms with Crippen LogP contribution in [-0.4, -0.2) is 10.5 Å². The third-order valence-corrected chi connectivity index (χ3v) is 3.77. The molecule has 0 fully saturated rings. The summed E-state index contributed by atoms with van der Waals surface area (Å²) in [5, 5.41) is 4.07. The summed E-state index contributed by atoms with van der Waals surface area (Å²) in [7, 11) is 0. The van der Waals surface area contributed by atoms with E-state index < -0.39 is 0 Å². The SMILES string of the molecule is O=C(Cn1ccc2ccccc21)Nc1cccc(I)c1. The lowest BCUT2D eigenvalue weighted by Crippen LogP contribution is -2.18. The van der Waals surface area contributed by atoms with Crippen molar-refractivity contribution in [3.63, 3.8) is 0 Å². The molecule has 20 heavy (non-hydrogen) atoms. The minimum absolute atomic E-state index is 0.0200. The number of rotatable bonds is 3. The molecule has 0 aliphatic heterocycles. The Morgan fingerprint density at radius 1 is 1.10 bits per heavy atom. The highest BCUT2D eigenvalue weighted by Gasteiger charge is 2.06. The molecule has 2 aromatic carbocycles. The first-order chi connectivity index (χ1) is 9.72. The molecular weight excluding hydrogens is 363 g/mol. The van der Waals surface area contributed by atoms with Crippen molar-refractivity contribution in [2.75, 3.05) is 5.32 Å². The topological polar surface area (TPSA) is 34.0 Å². The Kier molecular flexibility index (Phi) is 3.73. The predicted octanol–water partition coefficient (Wildman–Crippen LogP) is 3.88. The number of fused-ring (bicyclic) bond motifs is 1. The van der Waals surface area contributed by atoms with Crippen LogP contribution in [0.3, 0.4) is 0 Å². The molecule has 0 aliphatic rings. The zero-order valence-electron chi connectivity index (χ0n) is 10.7. The van der Waals surface area contributed by atoms with Gasteiger partial charge >= 0.3 is 0 Å². The van der Waals surface area contributed by atoms with E-state index >= 15 is 0 Å². The van der Waals surface area contributed by atoms with Gasteiger partial charge in [-0.1, -0.05) is 24.3 Å². The van der Waals surface area contributed by atoms with Gasteiger partial charge in [0.05, 0.1) is 0 Å². The van der Waals surface area contributed by atoms with E-state index in [0.29, 0.717) is 6.54 Å². The lowest BCUT2D eigenvalue weighted by atomic mass is 10.2. The molecule has 0 spiro atoms. The van der Waals surface area contributed by atoms with Gasteiger partial charge in [-0.05, 0) is 58.3 Å². The molecule has 0 atom stereocenters. The van der Waals surface area contributed by atoms with Gasteiger partial charge < -0.3 is 9.88 Å². The quantitative estimate of drug-likeness (QED) is 0.692. The molecule has 100 valence electrons. The van der Waals surface area contributed by atoms with Gasteiger partial charge in [0.25, 0.3) is 0 Å². The lowest BCUT2D eigenvalue weighted by Gasteiger charge is -2.07. The van der Waals surface area contributed by atoms with Crippen LogP contribution >= 0.6 is 22.6 Å². The fourth-order valence-corrected chi connectivity index (χ4v) is 2.74. The van der Waals surface area contributed by atoms with Crippen molar-refractivity contribution in [1.29, 1.82) is 0 Å². The Bertz CT molecular complexity index is 764. The summed E-state index contributed by atoms with van der Waals surface area (Å²) >= 11 is 2.23. The fraction of sp³-hybridized carbons (Fsp3) is 0.0625. The number of halogens is 1. The average Bonchev–Trinajstić information content (AvgIpc) is 2.82. The van der Waals surface area contributed by atoms with Crippen LogP contribution in [0.4, 0.5) is 5.69 Å². The molecule has 0 bridgehead atoms. The van der Waals surface area contributed by atoms with E-state index in [9.17, 15) is 4.79 Å². The normalized spacial score (nSPS) is 10.7. The Morgan fingerprint density at radius 2 is 1.95 bits per heavy atom. The van der Waals surface area contributed by atoms with E-state index in [1.165, 1.54) is 0 Å². The van der Waals surface area contributed by atoms with E-state index in [0.717, 1.165) is 20.2 Å². The van der Waals surface area contributed by atoms with Gasteiger partial charge in [0.1, 0.15) is 6.54 Å². The van der Waals surface area contributed by atoms with E-state index in [4.69, 9.17) is 0 Å². The molecule has 0 saturated heterocycles. The number of carbonyl (C=O) groups is 1. The monoisotopic (exact) mass is 376 g/mol. The van der Waals surface area contributed by atoms with Crippen molar-refractivity contribution in [3.05, 3.63) is 64.4 Å². The minimum Gasteiger partial charge on any atom is -0.338 e. The van der Waals surface area contributed by atoms with Crippen molar-refractivity contribution in [2.45, 2.75) is 6.54 Å². The van der Waals surface area contributed by atoms with E-state index in [-0.39, 0.29) is 5.91 Å². The molecule has 0 radical (unpaired) electrons. The Morgan fingerprint density at radius 3 is 2.80 bits per heavy atom. The van der Waals surface area contributed by atoms with Crippen LogP contribution in [0.25, 0.3) is 10.9 Å². The van der Waals surface area contributed by atoms with Crippen LogP contribution < -0.4 is 5.32 Å². The largest absolute Gasteiger partial charge is 0.338 e. The Hall–Kier alpha value is -1.82. The standard InChI is InChI=1S/C16H13IN2O/c17-13-5-3-6-14(10-13)18-16(20)11-19-9-8-12-4-1-2-7-15(12)19/h1-10H,11H2,(H,18,20). The molecule has 1 aromatic heterocycles. The maximum absolute atomic E-state index is 12.1. The highest BCUT2D eigenvalue weighted by atomic mass is 127. The maximum atomic E-state index is 12.1. The van der Waals surface area contributed by atoms with Gasteiger partial charge in [0.2, 0.25) is 5.91 Å². The molecule has 1 heterocycles. The van der Waals surface area contributed by atoms with Crippen LogP contribution in [-0.2, 0) is 11.3 Å². The first-order valence-electron chi connectivity index (χ1n) is 6.32. The molecular formula is C16H13IN2O. The Labute approximate surface area is 130 Å². The zero-order chi connectivity index (χ0) is 13.9. The zero-order valence-corrected chi connectivity index (χ0v) is 12.9. The van der Waals surface area contributed by atoms with Crippen LogP contribution in [0.2, 0.25) is 0 Å². The summed E-state index contributed by atoms with van der Waals surface area (Å²) in [5.74, 6) is -0.0200. The minimum atomic E-state index is -0.0200. The number of para-hydroxylation sites is 1. The summed E-state index contributed by atoms with van der Waals surface area (Å²) in [6.45, 7) is 0.318. The van der Waals surface area contributed by atoms with Gasteiger partial charge in [-0.25, -0.2) is 0 Å². The molecule has 3 nitrogen and oxygen atoms in total. The van der Waals surface area contributed by atoms with Crippen molar-refractivity contribution in [2.24, 2.45) is 0 Å². The van der Waals surface area contributed by atoms with Crippen molar-refractivity contribution < 1.29 is 4.79 Å². The summed E-state index contributed by atoms with van der Waals surface area (Å²) in [5.41, 5.74) is 1.91. The maximum Gasteiger partial charge on any atom is 0.244 e. The first kappa shape index (κ1) is 13.2. The summed E-state index contributed by atoms with van der Waals surface area (Å²) < 4.78 is 3.06. The Balaban J connectivity index is 1.76. The number of nitrogens with zero attached hydrogens (tertiary/aromatic N) is 1. The number of anilines is 1. The van der Waals surface area contributed by atoms with Gasteiger partial charge in [-0.15, -0.1) is 0 Å². The lowest BCUT2D eigenvalue weighted by molar-refractivity contribution is -0.116. The second-order valence-corrected chi connectivity index (χ2v) is 5.81. The fourth-order valence-electron chi connectivity index (χ4n) is 2.20. The highest BCUT2D eigenvalue weighted by Crippen LogP contribution is 2.16. The molecule has 1 amide bonds. The summed E-state index contributed by atoms with van der Waals surface area (Å²) in [4.78, 5) is 12.1. The second kappa shape index (κ2) is 5.66. The number of hydrogen-bond acceptors (Lipinski definition) is 1. The van der Waals surface area contributed by atoms with Crippen molar-refractivity contribution in [3.8, 4) is 0 Å². The number of aromatic nitrogens is 1. The smallest absolute Gasteiger partial charge is 0.244 e. The molecule has 0 unspecified atom stereocenters. The first-order valence-corrected chi connectivity index (χ1v) is 7.39. The third kappa shape index (κ3) is 2.85.